The number of hydrogen-bond acceptors (Lipinski definition) is 4. The number of benzene rings is 3. The first-order valence-electron chi connectivity index (χ1n) is 8.21. The van der Waals surface area contributed by atoms with Gasteiger partial charge in [0.15, 0.2) is 0 Å². The van der Waals surface area contributed by atoms with Crippen molar-refractivity contribution < 1.29 is 8.42 Å². The van der Waals surface area contributed by atoms with E-state index in [-0.39, 0.29) is 4.90 Å². The fourth-order valence-electron chi connectivity index (χ4n) is 2.46. The van der Waals surface area contributed by atoms with Crippen molar-refractivity contribution in [2.75, 3.05) is 4.72 Å². The molecule has 3 rings (SSSR count). The molecule has 0 fully saturated rings. The summed E-state index contributed by atoms with van der Waals surface area (Å²) in [4.78, 5) is 0.206. The summed E-state index contributed by atoms with van der Waals surface area (Å²) in [5, 5.41) is 8.81. The lowest BCUT2D eigenvalue weighted by Gasteiger charge is -2.12. The maximum atomic E-state index is 12.7. The van der Waals surface area contributed by atoms with Crippen molar-refractivity contribution in [1.29, 1.82) is 0 Å². The van der Waals surface area contributed by atoms with Gasteiger partial charge in [0.2, 0.25) is 0 Å². The third-order valence-electron chi connectivity index (χ3n) is 3.90. The van der Waals surface area contributed by atoms with Crippen LogP contribution in [0.5, 0.6) is 0 Å². The third kappa shape index (κ3) is 4.72. The van der Waals surface area contributed by atoms with Crippen LogP contribution >= 0.6 is 11.6 Å². The monoisotopic (exact) mass is 399 g/mol. The fraction of sp³-hybridized carbons (Fsp3) is 0.100. The van der Waals surface area contributed by atoms with Crippen LogP contribution in [-0.2, 0) is 10.0 Å². The van der Waals surface area contributed by atoms with Gasteiger partial charge >= 0.3 is 0 Å². The number of aryl methyl sites for hydroxylation is 2. The molecule has 7 heteroatoms. The molecule has 0 aromatic heterocycles. The van der Waals surface area contributed by atoms with Crippen molar-refractivity contribution in [3.05, 3.63) is 82.9 Å². The second-order valence-corrected chi connectivity index (χ2v) is 8.11. The van der Waals surface area contributed by atoms with Gasteiger partial charge in [-0.25, -0.2) is 8.42 Å². The smallest absolute Gasteiger partial charge is 0.262 e. The molecule has 0 aliphatic heterocycles. The van der Waals surface area contributed by atoms with Gasteiger partial charge in [-0.15, -0.1) is 0 Å². The Morgan fingerprint density at radius 2 is 1.41 bits per heavy atom. The van der Waals surface area contributed by atoms with Gasteiger partial charge in [0.1, 0.15) is 0 Å². The molecule has 27 heavy (non-hydrogen) atoms. The van der Waals surface area contributed by atoms with Gasteiger partial charge < -0.3 is 0 Å². The second kappa shape index (κ2) is 7.90. The fourth-order valence-corrected chi connectivity index (χ4v) is 4.05. The van der Waals surface area contributed by atoms with Gasteiger partial charge in [-0.2, -0.15) is 10.2 Å². The average Bonchev–Trinajstić information content (AvgIpc) is 2.64. The van der Waals surface area contributed by atoms with Crippen LogP contribution in [0.25, 0.3) is 0 Å². The zero-order valence-electron chi connectivity index (χ0n) is 14.8. The number of rotatable bonds is 5. The van der Waals surface area contributed by atoms with Crippen LogP contribution < -0.4 is 4.72 Å². The van der Waals surface area contributed by atoms with Crippen molar-refractivity contribution >= 4 is 38.7 Å². The van der Waals surface area contributed by atoms with Gasteiger partial charge in [-0.05, 0) is 73.5 Å². The van der Waals surface area contributed by atoms with E-state index in [1.165, 1.54) is 0 Å². The molecule has 0 atom stereocenters. The Labute approximate surface area is 163 Å². The first kappa shape index (κ1) is 19.1. The highest BCUT2D eigenvalue weighted by atomic mass is 35.5. The Bertz CT molecular complexity index is 1080. The van der Waals surface area contributed by atoms with E-state index >= 15 is 0 Å². The summed E-state index contributed by atoms with van der Waals surface area (Å²) in [7, 11) is -3.71. The molecule has 5 nitrogen and oxygen atoms in total. The van der Waals surface area contributed by atoms with Crippen molar-refractivity contribution in [2.24, 2.45) is 10.2 Å². The van der Waals surface area contributed by atoms with E-state index in [4.69, 9.17) is 11.6 Å². The highest BCUT2D eigenvalue weighted by Crippen LogP contribution is 2.26. The number of halogens is 1. The van der Waals surface area contributed by atoms with E-state index in [2.05, 4.69) is 15.0 Å². The van der Waals surface area contributed by atoms with Crippen LogP contribution in [-0.4, -0.2) is 8.42 Å². The molecule has 0 saturated carbocycles. The minimum absolute atomic E-state index is 0.206. The van der Waals surface area contributed by atoms with Gasteiger partial charge in [-0.3, -0.25) is 4.72 Å². The predicted molar refractivity (Wildman–Crippen MR) is 109 cm³/mol. The minimum atomic E-state index is -3.71. The van der Waals surface area contributed by atoms with Crippen LogP contribution in [0.3, 0.4) is 0 Å². The summed E-state index contributed by atoms with van der Waals surface area (Å²) in [6.07, 6.45) is 0. The topological polar surface area (TPSA) is 70.9 Å². The van der Waals surface area contributed by atoms with Crippen LogP contribution in [0.4, 0.5) is 17.1 Å². The number of nitrogens with one attached hydrogen (secondary N) is 1. The van der Waals surface area contributed by atoms with Gasteiger partial charge in [-0.1, -0.05) is 29.8 Å². The Balaban J connectivity index is 1.78. The highest BCUT2D eigenvalue weighted by Gasteiger charge is 2.18. The molecule has 0 unspecified atom stereocenters. The van der Waals surface area contributed by atoms with E-state index in [1.54, 1.807) is 50.2 Å². The molecule has 3 aromatic carbocycles. The van der Waals surface area contributed by atoms with E-state index in [0.29, 0.717) is 27.5 Å². The van der Waals surface area contributed by atoms with Crippen molar-refractivity contribution in [3.63, 3.8) is 0 Å². The van der Waals surface area contributed by atoms with Gasteiger partial charge in [0.05, 0.1) is 16.3 Å². The number of azo groups is 1. The van der Waals surface area contributed by atoms with E-state index in [9.17, 15) is 8.42 Å². The SMILES string of the molecule is Cc1cc(S(=O)(=O)Nc2ccc(N=Nc3ccccc3)cc2)c(C)cc1Cl. The van der Waals surface area contributed by atoms with Gasteiger partial charge in [0, 0.05) is 10.7 Å². The van der Waals surface area contributed by atoms with Crippen LogP contribution in [0.2, 0.25) is 5.02 Å². The Morgan fingerprint density at radius 1 is 0.815 bits per heavy atom. The molecule has 1 N–H and O–H groups in total. The molecule has 3 aromatic rings. The summed E-state index contributed by atoms with van der Waals surface area (Å²) in [5.74, 6) is 0. The number of nitrogens with zero attached hydrogens (tertiary/aromatic N) is 2. The molecule has 0 radical (unpaired) electrons. The van der Waals surface area contributed by atoms with E-state index in [0.717, 1.165) is 5.69 Å². The lowest BCUT2D eigenvalue weighted by atomic mass is 10.2. The zero-order chi connectivity index (χ0) is 19.4. The molecule has 0 aliphatic carbocycles. The summed E-state index contributed by atoms with van der Waals surface area (Å²) >= 11 is 6.05. The third-order valence-corrected chi connectivity index (χ3v) is 5.83. The van der Waals surface area contributed by atoms with Crippen molar-refractivity contribution in [3.8, 4) is 0 Å². The Kier molecular flexibility index (Phi) is 5.58. The molecule has 0 heterocycles. The molecule has 0 amide bonds. The molecule has 138 valence electrons. The largest absolute Gasteiger partial charge is 0.280 e. The zero-order valence-corrected chi connectivity index (χ0v) is 16.4. The first-order chi connectivity index (χ1) is 12.8. The van der Waals surface area contributed by atoms with Crippen LogP contribution in [0, 0.1) is 13.8 Å². The molecular weight excluding hydrogens is 382 g/mol. The number of hydrogen-bond donors (Lipinski definition) is 1. The second-order valence-electron chi connectivity index (χ2n) is 6.05. The highest BCUT2D eigenvalue weighted by molar-refractivity contribution is 7.92. The Morgan fingerprint density at radius 3 is 2.04 bits per heavy atom. The van der Waals surface area contributed by atoms with Gasteiger partial charge in [0.25, 0.3) is 10.0 Å². The summed E-state index contributed by atoms with van der Waals surface area (Å²) in [6.45, 7) is 3.49. The van der Waals surface area contributed by atoms with E-state index < -0.39 is 10.0 Å². The standard InChI is InChI=1S/C20H18ClN3O2S/c1-14-13-20(15(2)12-19(14)21)27(25,26)24-18-10-8-17(9-11-18)23-22-16-6-4-3-5-7-16/h3-13,24H,1-2H3. The predicted octanol–water partition coefficient (Wildman–Crippen LogP) is 6.17. The maximum Gasteiger partial charge on any atom is 0.262 e. The normalized spacial score (nSPS) is 11.7. The Hall–Kier alpha value is -2.70. The molecule has 0 saturated heterocycles. The number of sulfonamides is 1. The summed E-state index contributed by atoms with van der Waals surface area (Å²) in [5.41, 5.74) is 3.11. The summed E-state index contributed by atoms with van der Waals surface area (Å²) < 4.78 is 28.0. The van der Waals surface area contributed by atoms with Crippen molar-refractivity contribution in [2.45, 2.75) is 18.7 Å². The lowest BCUT2D eigenvalue weighted by molar-refractivity contribution is 0.600. The van der Waals surface area contributed by atoms with Crippen molar-refractivity contribution in [1.82, 2.24) is 0 Å². The number of anilines is 1. The summed E-state index contributed by atoms with van der Waals surface area (Å²) in [6, 6.07) is 19.3. The quantitative estimate of drug-likeness (QED) is 0.521. The molecular formula is C20H18ClN3O2S. The van der Waals surface area contributed by atoms with E-state index in [1.807, 2.05) is 30.3 Å². The maximum absolute atomic E-state index is 12.7. The molecule has 0 spiro atoms. The first-order valence-corrected chi connectivity index (χ1v) is 10.1. The van der Waals surface area contributed by atoms with Crippen LogP contribution in [0.15, 0.2) is 81.9 Å². The molecule has 0 aliphatic rings. The minimum Gasteiger partial charge on any atom is -0.280 e. The molecule has 0 bridgehead atoms. The average molecular weight is 400 g/mol. The lowest BCUT2D eigenvalue weighted by Crippen LogP contribution is -2.14. The van der Waals surface area contributed by atoms with Crippen LogP contribution in [0.1, 0.15) is 11.1 Å².